The van der Waals surface area contributed by atoms with Crippen LogP contribution >= 0.6 is 23.2 Å². The van der Waals surface area contributed by atoms with Crippen molar-refractivity contribution in [3.63, 3.8) is 0 Å². The molecule has 1 aliphatic heterocycles. The predicted molar refractivity (Wildman–Crippen MR) is 123 cm³/mol. The highest BCUT2D eigenvalue weighted by molar-refractivity contribution is 6.43. The molecule has 166 valence electrons. The van der Waals surface area contributed by atoms with Crippen molar-refractivity contribution < 1.29 is 14.3 Å². The number of nitrogens with one attached hydrogen (secondary N) is 2. The van der Waals surface area contributed by atoms with Gasteiger partial charge in [-0.2, -0.15) is 0 Å². The number of nitrogens with zero attached hydrogens (tertiary/aromatic N) is 1. The molecule has 3 rings (SSSR count). The Bertz CT molecular complexity index is 915. The Hall–Kier alpha value is -2.28. The molecule has 0 radical (unpaired) electrons. The number of ether oxygens (including phenoxy) is 1. The van der Waals surface area contributed by atoms with Crippen LogP contribution in [0, 0.1) is 0 Å². The standard InChI is InChI=1S/C23H27Cl2N3O3/c1-15(27-23(30)18-6-5-7-19(24)21(18)25)22(29)26-14-20(28-12-3-4-13-28)16-8-10-17(31-2)11-9-16/h5-11,15,20H,3-4,12-14H2,1-2H3,(H,26,29)(H,27,30). The lowest BCUT2D eigenvalue weighted by Crippen LogP contribution is -2.47. The van der Waals surface area contributed by atoms with E-state index in [9.17, 15) is 9.59 Å². The molecule has 0 bridgehead atoms. The zero-order valence-electron chi connectivity index (χ0n) is 17.7. The minimum atomic E-state index is -0.724. The number of halogens is 2. The Kier molecular flexibility index (Phi) is 8.18. The summed E-state index contributed by atoms with van der Waals surface area (Å²) in [7, 11) is 1.64. The number of carbonyl (C=O) groups is 2. The van der Waals surface area contributed by atoms with Crippen LogP contribution in [-0.4, -0.2) is 49.5 Å². The van der Waals surface area contributed by atoms with E-state index in [1.165, 1.54) is 0 Å². The second-order valence-electron chi connectivity index (χ2n) is 7.57. The van der Waals surface area contributed by atoms with Crippen molar-refractivity contribution >= 4 is 35.0 Å². The number of likely N-dealkylation sites (tertiary alicyclic amines) is 1. The van der Waals surface area contributed by atoms with Gasteiger partial charge in [-0.15, -0.1) is 0 Å². The highest BCUT2D eigenvalue weighted by Gasteiger charge is 2.25. The Balaban J connectivity index is 1.62. The molecule has 6 nitrogen and oxygen atoms in total. The summed E-state index contributed by atoms with van der Waals surface area (Å²) in [6.45, 7) is 4.07. The van der Waals surface area contributed by atoms with Crippen LogP contribution in [0.4, 0.5) is 0 Å². The van der Waals surface area contributed by atoms with Crippen LogP contribution < -0.4 is 15.4 Å². The summed E-state index contributed by atoms with van der Waals surface area (Å²) < 4.78 is 5.25. The normalized spacial score (nSPS) is 15.9. The van der Waals surface area contributed by atoms with Crippen LogP contribution in [0.3, 0.4) is 0 Å². The average molecular weight is 464 g/mol. The molecule has 1 saturated heterocycles. The Labute approximate surface area is 192 Å². The van der Waals surface area contributed by atoms with Gasteiger partial charge in [-0.05, 0) is 62.7 Å². The van der Waals surface area contributed by atoms with Gasteiger partial charge in [0, 0.05) is 6.54 Å². The SMILES string of the molecule is COc1ccc(C(CNC(=O)C(C)NC(=O)c2cccc(Cl)c2Cl)N2CCCC2)cc1. The molecule has 0 aliphatic carbocycles. The van der Waals surface area contributed by atoms with Crippen LogP contribution in [0.1, 0.15) is 41.7 Å². The molecule has 2 unspecified atom stereocenters. The molecule has 31 heavy (non-hydrogen) atoms. The fraction of sp³-hybridized carbons (Fsp3) is 0.391. The molecule has 0 aromatic heterocycles. The van der Waals surface area contributed by atoms with Gasteiger partial charge in [-0.25, -0.2) is 0 Å². The topological polar surface area (TPSA) is 70.7 Å². The maximum atomic E-state index is 12.7. The van der Waals surface area contributed by atoms with Crippen molar-refractivity contribution in [2.45, 2.75) is 31.8 Å². The zero-order valence-corrected chi connectivity index (χ0v) is 19.2. The minimum Gasteiger partial charge on any atom is -0.497 e. The summed E-state index contributed by atoms with van der Waals surface area (Å²) in [6, 6.07) is 12.1. The van der Waals surface area contributed by atoms with Crippen LogP contribution in [0.2, 0.25) is 10.0 Å². The van der Waals surface area contributed by atoms with E-state index >= 15 is 0 Å². The quantitative estimate of drug-likeness (QED) is 0.618. The lowest BCUT2D eigenvalue weighted by atomic mass is 10.0. The van der Waals surface area contributed by atoms with Gasteiger partial charge in [0.1, 0.15) is 11.8 Å². The Morgan fingerprint density at radius 1 is 1.10 bits per heavy atom. The van der Waals surface area contributed by atoms with E-state index in [2.05, 4.69) is 15.5 Å². The fourth-order valence-electron chi connectivity index (χ4n) is 3.71. The molecule has 2 N–H and O–H groups in total. The fourth-order valence-corrected chi connectivity index (χ4v) is 4.09. The third-order valence-electron chi connectivity index (χ3n) is 5.49. The Morgan fingerprint density at radius 3 is 2.42 bits per heavy atom. The highest BCUT2D eigenvalue weighted by Crippen LogP contribution is 2.27. The molecular formula is C23H27Cl2N3O3. The smallest absolute Gasteiger partial charge is 0.253 e. The molecule has 0 saturated carbocycles. The monoisotopic (exact) mass is 463 g/mol. The van der Waals surface area contributed by atoms with Crippen molar-refractivity contribution in [2.24, 2.45) is 0 Å². The largest absolute Gasteiger partial charge is 0.497 e. The van der Waals surface area contributed by atoms with Crippen molar-refractivity contribution in [2.75, 3.05) is 26.7 Å². The summed E-state index contributed by atoms with van der Waals surface area (Å²) in [4.78, 5) is 27.6. The number of hydrogen-bond acceptors (Lipinski definition) is 4. The van der Waals surface area contributed by atoms with E-state index in [0.717, 1.165) is 37.2 Å². The Morgan fingerprint density at radius 2 is 1.77 bits per heavy atom. The van der Waals surface area contributed by atoms with Gasteiger partial charge in [-0.3, -0.25) is 14.5 Å². The van der Waals surface area contributed by atoms with Gasteiger partial charge in [0.25, 0.3) is 5.91 Å². The first-order valence-corrected chi connectivity index (χ1v) is 11.1. The number of rotatable bonds is 8. The number of methoxy groups -OCH3 is 1. The van der Waals surface area contributed by atoms with E-state index < -0.39 is 11.9 Å². The average Bonchev–Trinajstić information content (AvgIpc) is 3.30. The van der Waals surface area contributed by atoms with Crippen molar-refractivity contribution in [1.29, 1.82) is 0 Å². The van der Waals surface area contributed by atoms with E-state index in [0.29, 0.717) is 11.6 Å². The van der Waals surface area contributed by atoms with Crippen molar-refractivity contribution in [3.05, 3.63) is 63.6 Å². The highest BCUT2D eigenvalue weighted by atomic mass is 35.5. The summed E-state index contributed by atoms with van der Waals surface area (Å²) >= 11 is 12.1. The van der Waals surface area contributed by atoms with E-state index in [-0.39, 0.29) is 22.5 Å². The maximum absolute atomic E-state index is 12.7. The van der Waals surface area contributed by atoms with Crippen LogP contribution in [0.15, 0.2) is 42.5 Å². The number of amides is 2. The van der Waals surface area contributed by atoms with Crippen molar-refractivity contribution in [3.8, 4) is 5.75 Å². The summed E-state index contributed by atoms with van der Waals surface area (Å²) in [6.07, 6.45) is 2.29. The third-order valence-corrected chi connectivity index (χ3v) is 6.31. The predicted octanol–water partition coefficient (Wildman–Crippen LogP) is 4.07. The second kappa shape index (κ2) is 10.8. The molecule has 1 fully saturated rings. The lowest BCUT2D eigenvalue weighted by Gasteiger charge is -2.29. The van der Waals surface area contributed by atoms with Gasteiger partial charge in [0.15, 0.2) is 0 Å². The molecule has 1 aliphatic rings. The molecule has 2 amide bonds. The van der Waals surface area contributed by atoms with Gasteiger partial charge < -0.3 is 15.4 Å². The van der Waals surface area contributed by atoms with Crippen molar-refractivity contribution in [1.82, 2.24) is 15.5 Å². The summed E-state index contributed by atoms with van der Waals surface area (Å²) in [5.41, 5.74) is 1.35. The summed E-state index contributed by atoms with van der Waals surface area (Å²) in [5.74, 6) is 0.0922. The first-order valence-electron chi connectivity index (χ1n) is 10.3. The van der Waals surface area contributed by atoms with Gasteiger partial charge in [0.2, 0.25) is 5.91 Å². The maximum Gasteiger partial charge on any atom is 0.253 e. The minimum absolute atomic E-state index is 0.0580. The van der Waals surface area contributed by atoms with Crippen LogP contribution in [0.25, 0.3) is 0 Å². The van der Waals surface area contributed by atoms with Gasteiger partial charge >= 0.3 is 0 Å². The van der Waals surface area contributed by atoms with Gasteiger partial charge in [-0.1, -0.05) is 41.4 Å². The number of benzene rings is 2. The zero-order chi connectivity index (χ0) is 22.4. The molecular weight excluding hydrogens is 437 g/mol. The molecule has 1 heterocycles. The summed E-state index contributed by atoms with van der Waals surface area (Å²) in [5, 5.41) is 6.13. The van der Waals surface area contributed by atoms with Crippen LogP contribution in [-0.2, 0) is 4.79 Å². The second-order valence-corrected chi connectivity index (χ2v) is 8.36. The lowest BCUT2D eigenvalue weighted by molar-refractivity contribution is -0.122. The van der Waals surface area contributed by atoms with Crippen LogP contribution in [0.5, 0.6) is 5.75 Å². The molecule has 2 atom stereocenters. The first kappa shape index (κ1) is 23.4. The third kappa shape index (κ3) is 5.91. The first-order chi connectivity index (χ1) is 14.9. The molecule has 2 aromatic rings. The number of hydrogen-bond donors (Lipinski definition) is 2. The molecule has 2 aromatic carbocycles. The van der Waals surface area contributed by atoms with E-state index in [1.54, 1.807) is 32.2 Å². The van der Waals surface area contributed by atoms with E-state index in [4.69, 9.17) is 27.9 Å². The van der Waals surface area contributed by atoms with Gasteiger partial charge in [0.05, 0.1) is 28.8 Å². The van der Waals surface area contributed by atoms with E-state index in [1.807, 2.05) is 24.3 Å². The molecule has 8 heteroatoms. The number of carbonyl (C=O) groups excluding carboxylic acids is 2. The molecule has 0 spiro atoms.